The highest BCUT2D eigenvalue weighted by atomic mass is 32.2. The Hall–Kier alpha value is -1.36. The van der Waals surface area contributed by atoms with Gasteiger partial charge in [0.2, 0.25) is 5.91 Å². The Morgan fingerprint density at radius 2 is 2.32 bits per heavy atom. The summed E-state index contributed by atoms with van der Waals surface area (Å²) in [5.41, 5.74) is 1.89. The van der Waals surface area contributed by atoms with Crippen LogP contribution in [0.4, 0.5) is 0 Å². The zero-order chi connectivity index (χ0) is 13.8. The first-order valence-electron chi connectivity index (χ1n) is 6.38. The average molecular weight is 278 g/mol. The number of amides is 1. The molecule has 1 aromatic rings. The quantitative estimate of drug-likeness (QED) is 0.845. The van der Waals surface area contributed by atoms with E-state index < -0.39 is 0 Å². The van der Waals surface area contributed by atoms with E-state index in [1.165, 1.54) is 11.8 Å². The van der Waals surface area contributed by atoms with Gasteiger partial charge in [-0.05, 0) is 25.0 Å². The number of aryl methyl sites for hydroxylation is 1. The summed E-state index contributed by atoms with van der Waals surface area (Å²) >= 11 is 1.31. The number of pyridine rings is 1. The number of thioether (sulfide) groups is 1. The van der Waals surface area contributed by atoms with Gasteiger partial charge in [0.05, 0.1) is 12.2 Å². The van der Waals surface area contributed by atoms with E-state index in [1.807, 2.05) is 30.0 Å². The average Bonchev–Trinajstić information content (AvgIpc) is 2.68. The van der Waals surface area contributed by atoms with Crippen molar-refractivity contribution in [1.82, 2.24) is 9.88 Å². The zero-order valence-electron chi connectivity index (χ0n) is 11.3. The van der Waals surface area contributed by atoms with Gasteiger partial charge in [0.15, 0.2) is 5.12 Å². The normalized spacial score (nSPS) is 18.9. The minimum absolute atomic E-state index is 0.117. The van der Waals surface area contributed by atoms with Crippen LogP contribution >= 0.6 is 11.8 Å². The maximum atomic E-state index is 11.9. The summed E-state index contributed by atoms with van der Waals surface area (Å²) in [6, 6.07) is 5.85. The molecule has 1 aliphatic rings. The SMILES string of the molecule is CC(=O)SCC1CC(=O)N(Cc2cccc(C)n2)C1. The first kappa shape index (κ1) is 14.1. The van der Waals surface area contributed by atoms with E-state index in [-0.39, 0.29) is 16.9 Å². The molecule has 5 heteroatoms. The lowest BCUT2D eigenvalue weighted by atomic mass is 10.1. The molecule has 1 saturated heterocycles. The molecule has 0 spiro atoms. The van der Waals surface area contributed by atoms with Crippen LogP contribution in [-0.4, -0.2) is 33.2 Å². The fraction of sp³-hybridized carbons (Fsp3) is 0.500. The first-order chi connectivity index (χ1) is 9.04. The Labute approximate surface area is 117 Å². The highest BCUT2D eigenvalue weighted by Crippen LogP contribution is 2.23. The fourth-order valence-corrected chi connectivity index (χ4v) is 2.93. The van der Waals surface area contributed by atoms with Crippen molar-refractivity contribution in [2.75, 3.05) is 12.3 Å². The highest BCUT2D eigenvalue weighted by molar-refractivity contribution is 8.13. The molecule has 102 valence electrons. The van der Waals surface area contributed by atoms with Gasteiger partial charge in [-0.3, -0.25) is 14.6 Å². The Kier molecular flexibility index (Phi) is 4.58. The number of nitrogens with zero attached hydrogens (tertiary/aromatic N) is 2. The van der Waals surface area contributed by atoms with E-state index in [1.54, 1.807) is 6.92 Å². The minimum Gasteiger partial charge on any atom is -0.336 e. The van der Waals surface area contributed by atoms with Gasteiger partial charge < -0.3 is 4.90 Å². The molecule has 4 nitrogen and oxygen atoms in total. The van der Waals surface area contributed by atoms with Crippen molar-refractivity contribution in [2.45, 2.75) is 26.8 Å². The van der Waals surface area contributed by atoms with E-state index >= 15 is 0 Å². The molecule has 1 fully saturated rings. The summed E-state index contributed by atoms with van der Waals surface area (Å²) in [6.07, 6.45) is 0.548. The van der Waals surface area contributed by atoms with Gasteiger partial charge in [-0.25, -0.2) is 0 Å². The van der Waals surface area contributed by atoms with Gasteiger partial charge in [-0.2, -0.15) is 0 Å². The summed E-state index contributed by atoms with van der Waals surface area (Å²) in [6.45, 7) is 4.81. The van der Waals surface area contributed by atoms with E-state index in [0.29, 0.717) is 13.0 Å². The van der Waals surface area contributed by atoms with Crippen molar-refractivity contribution in [3.8, 4) is 0 Å². The third kappa shape index (κ3) is 4.06. The molecule has 1 unspecified atom stereocenters. The number of hydrogen-bond acceptors (Lipinski definition) is 4. The summed E-state index contributed by atoms with van der Waals surface area (Å²) < 4.78 is 0. The number of carbonyl (C=O) groups is 2. The van der Waals surface area contributed by atoms with Crippen LogP contribution in [0.15, 0.2) is 18.2 Å². The Morgan fingerprint density at radius 1 is 1.53 bits per heavy atom. The molecular weight excluding hydrogens is 260 g/mol. The molecule has 0 saturated carbocycles. The summed E-state index contributed by atoms with van der Waals surface area (Å²) in [4.78, 5) is 29.1. The predicted molar refractivity (Wildman–Crippen MR) is 75.6 cm³/mol. The van der Waals surface area contributed by atoms with E-state index in [4.69, 9.17) is 0 Å². The molecule has 1 aromatic heterocycles. The summed E-state index contributed by atoms with van der Waals surface area (Å²) in [7, 11) is 0. The number of hydrogen-bond donors (Lipinski definition) is 0. The van der Waals surface area contributed by atoms with Crippen LogP contribution in [0.25, 0.3) is 0 Å². The molecule has 0 aliphatic carbocycles. The maximum absolute atomic E-state index is 11.9. The van der Waals surface area contributed by atoms with Crippen LogP contribution in [0.5, 0.6) is 0 Å². The van der Waals surface area contributed by atoms with Crippen molar-refractivity contribution in [2.24, 2.45) is 5.92 Å². The van der Waals surface area contributed by atoms with Gasteiger partial charge in [-0.15, -0.1) is 0 Å². The molecule has 0 radical (unpaired) electrons. The molecule has 1 atom stereocenters. The Balaban J connectivity index is 1.91. The third-order valence-electron chi connectivity index (χ3n) is 3.12. The van der Waals surface area contributed by atoms with Crippen LogP contribution in [-0.2, 0) is 16.1 Å². The lowest BCUT2D eigenvalue weighted by molar-refractivity contribution is -0.128. The van der Waals surface area contributed by atoms with Gasteiger partial charge in [0.1, 0.15) is 0 Å². The number of rotatable bonds is 4. The van der Waals surface area contributed by atoms with Gasteiger partial charge in [-0.1, -0.05) is 17.8 Å². The Bertz CT molecular complexity index is 490. The lowest BCUT2D eigenvalue weighted by Gasteiger charge is -2.16. The fourth-order valence-electron chi connectivity index (χ4n) is 2.24. The predicted octanol–water partition coefficient (Wildman–Crippen LogP) is 2.02. The van der Waals surface area contributed by atoms with Crippen LogP contribution in [0.2, 0.25) is 0 Å². The van der Waals surface area contributed by atoms with Crippen LogP contribution < -0.4 is 0 Å². The van der Waals surface area contributed by atoms with Crippen LogP contribution in [0, 0.1) is 12.8 Å². The van der Waals surface area contributed by atoms with Gasteiger partial charge >= 0.3 is 0 Å². The minimum atomic E-state index is 0.117. The maximum Gasteiger partial charge on any atom is 0.223 e. The van der Waals surface area contributed by atoms with E-state index in [2.05, 4.69) is 4.98 Å². The molecule has 0 bridgehead atoms. The molecule has 2 rings (SSSR count). The molecular formula is C14H18N2O2S. The second-order valence-electron chi connectivity index (χ2n) is 4.92. The molecule has 1 aliphatic heterocycles. The van der Waals surface area contributed by atoms with E-state index in [0.717, 1.165) is 23.7 Å². The molecule has 1 amide bonds. The second kappa shape index (κ2) is 6.19. The molecule has 0 aromatic carbocycles. The zero-order valence-corrected chi connectivity index (χ0v) is 12.1. The van der Waals surface area contributed by atoms with Crippen LogP contribution in [0.1, 0.15) is 24.7 Å². The van der Waals surface area contributed by atoms with Gasteiger partial charge in [0, 0.05) is 31.3 Å². The number of carbonyl (C=O) groups excluding carboxylic acids is 2. The summed E-state index contributed by atoms with van der Waals surface area (Å²) in [5, 5.41) is 0.117. The topological polar surface area (TPSA) is 50.3 Å². The first-order valence-corrected chi connectivity index (χ1v) is 7.37. The number of likely N-dealkylation sites (tertiary alicyclic amines) is 1. The third-order valence-corrected chi connectivity index (χ3v) is 4.16. The standard InChI is InChI=1S/C14H18N2O2S/c1-10-4-3-5-13(15-10)8-16-7-12(6-14(16)18)9-19-11(2)17/h3-5,12H,6-9H2,1-2H3. The van der Waals surface area contributed by atoms with Crippen molar-refractivity contribution in [3.63, 3.8) is 0 Å². The largest absolute Gasteiger partial charge is 0.336 e. The van der Waals surface area contributed by atoms with Crippen LogP contribution in [0.3, 0.4) is 0 Å². The molecule has 19 heavy (non-hydrogen) atoms. The molecule has 0 N–H and O–H groups in total. The monoisotopic (exact) mass is 278 g/mol. The summed E-state index contributed by atoms with van der Waals surface area (Å²) in [5.74, 6) is 1.18. The van der Waals surface area contributed by atoms with Crippen molar-refractivity contribution >= 4 is 22.8 Å². The van der Waals surface area contributed by atoms with Gasteiger partial charge in [0.25, 0.3) is 0 Å². The van der Waals surface area contributed by atoms with Crippen molar-refractivity contribution in [1.29, 1.82) is 0 Å². The lowest BCUT2D eigenvalue weighted by Crippen LogP contribution is -2.25. The van der Waals surface area contributed by atoms with Crippen molar-refractivity contribution < 1.29 is 9.59 Å². The smallest absolute Gasteiger partial charge is 0.223 e. The number of aromatic nitrogens is 1. The van der Waals surface area contributed by atoms with E-state index in [9.17, 15) is 9.59 Å². The second-order valence-corrected chi connectivity index (χ2v) is 6.11. The highest BCUT2D eigenvalue weighted by Gasteiger charge is 2.29. The Morgan fingerprint density at radius 3 is 3.00 bits per heavy atom. The van der Waals surface area contributed by atoms with Crippen molar-refractivity contribution in [3.05, 3.63) is 29.6 Å². The molecule has 2 heterocycles.